The highest BCUT2D eigenvalue weighted by Crippen LogP contribution is 2.23. The second-order valence-electron chi connectivity index (χ2n) is 8.62. The Bertz CT molecular complexity index is 981. The molecule has 0 spiro atoms. The van der Waals surface area contributed by atoms with Gasteiger partial charge in [-0.2, -0.15) is 0 Å². The smallest absolute Gasteiger partial charge is 0.255 e. The number of carbonyl (C=O) groups excluding carboxylic acids is 3. The summed E-state index contributed by atoms with van der Waals surface area (Å²) >= 11 is 0. The van der Waals surface area contributed by atoms with Crippen LogP contribution in [-0.2, 0) is 16.0 Å². The SMILES string of the molecule is NC(=O)C1CCN(CCc2ccc(NC(=O)c3cccc(N4CCCC4=O)c3)cc2)CC1. The lowest BCUT2D eigenvalue weighted by molar-refractivity contribution is -0.123. The molecule has 7 heteroatoms. The zero-order chi connectivity index (χ0) is 22.5. The van der Waals surface area contributed by atoms with Crippen molar-refractivity contribution >= 4 is 29.1 Å². The number of hydrogen-bond acceptors (Lipinski definition) is 4. The van der Waals surface area contributed by atoms with Gasteiger partial charge < -0.3 is 20.9 Å². The van der Waals surface area contributed by atoms with Gasteiger partial charge in [-0.25, -0.2) is 0 Å². The second-order valence-corrected chi connectivity index (χ2v) is 8.62. The van der Waals surface area contributed by atoms with Gasteiger partial charge in [0.1, 0.15) is 0 Å². The zero-order valence-corrected chi connectivity index (χ0v) is 18.3. The van der Waals surface area contributed by atoms with E-state index in [0.29, 0.717) is 18.5 Å². The van der Waals surface area contributed by atoms with E-state index in [0.717, 1.165) is 56.7 Å². The van der Waals surface area contributed by atoms with Crippen molar-refractivity contribution < 1.29 is 14.4 Å². The summed E-state index contributed by atoms with van der Waals surface area (Å²) in [6, 6.07) is 15.1. The van der Waals surface area contributed by atoms with Gasteiger partial charge in [-0.1, -0.05) is 18.2 Å². The maximum atomic E-state index is 12.7. The normalized spacial score (nSPS) is 17.5. The molecule has 2 aromatic rings. The summed E-state index contributed by atoms with van der Waals surface area (Å²) in [5.74, 6) is -0.247. The van der Waals surface area contributed by atoms with Gasteiger partial charge in [-0.05, 0) is 74.7 Å². The Labute approximate surface area is 188 Å². The third kappa shape index (κ3) is 5.34. The average Bonchev–Trinajstić information content (AvgIpc) is 3.25. The second kappa shape index (κ2) is 9.96. The van der Waals surface area contributed by atoms with Gasteiger partial charge in [-0.3, -0.25) is 14.4 Å². The highest BCUT2D eigenvalue weighted by atomic mass is 16.2. The number of rotatable bonds is 7. The molecule has 0 bridgehead atoms. The van der Waals surface area contributed by atoms with Gasteiger partial charge in [0.15, 0.2) is 0 Å². The minimum Gasteiger partial charge on any atom is -0.369 e. The number of carbonyl (C=O) groups is 3. The van der Waals surface area contributed by atoms with Gasteiger partial charge >= 0.3 is 0 Å². The Morgan fingerprint density at radius 1 is 1.03 bits per heavy atom. The van der Waals surface area contributed by atoms with Crippen LogP contribution in [0.3, 0.4) is 0 Å². The Hall–Kier alpha value is -3.19. The molecular weight excluding hydrogens is 404 g/mol. The molecule has 0 unspecified atom stereocenters. The van der Waals surface area contributed by atoms with E-state index in [2.05, 4.69) is 10.2 Å². The van der Waals surface area contributed by atoms with Crippen LogP contribution in [0.2, 0.25) is 0 Å². The molecule has 0 aromatic heterocycles. The van der Waals surface area contributed by atoms with Crippen LogP contribution in [0.1, 0.15) is 41.6 Å². The Morgan fingerprint density at radius 3 is 2.44 bits per heavy atom. The fourth-order valence-corrected chi connectivity index (χ4v) is 4.42. The van der Waals surface area contributed by atoms with E-state index in [9.17, 15) is 14.4 Å². The number of likely N-dealkylation sites (tertiary alicyclic amines) is 1. The van der Waals surface area contributed by atoms with Crippen molar-refractivity contribution in [3.8, 4) is 0 Å². The van der Waals surface area contributed by atoms with Gasteiger partial charge in [0, 0.05) is 42.4 Å². The molecule has 32 heavy (non-hydrogen) atoms. The van der Waals surface area contributed by atoms with Crippen molar-refractivity contribution in [2.45, 2.75) is 32.1 Å². The Morgan fingerprint density at radius 2 is 1.78 bits per heavy atom. The van der Waals surface area contributed by atoms with Gasteiger partial charge in [0.2, 0.25) is 11.8 Å². The van der Waals surface area contributed by atoms with Crippen LogP contribution in [0.25, 0.3) is 0 Å². The fourth-order valence-electron chi connectivity index (χ4n) is 4.42. The highest BCUT2D eigenvalue weighted by Gasteiger charge is 2.23. The summed E-state index contributed by atoms with van der Waals surface area (Å²) in [6.45, 7) is 3.46. The summed E-state index contributed by atoms with van der Waals surface area (Å²) in [7, 11) is 0. The highest BCUT2D eigenvalue weighted by molar-refractivity contribution is 6.05. The van der Waals surface area contributed by atoms with Crippen LogP contribution in [0.4, 0.5) is 11.4 Å². The third-order valence-corrected chi connectivity index (χ3v) is 6.41. The molecule has 2 fully saturated rings. The standard InChI is InChI=1S/C25H30N4O3/c26-24(31)19-11-15-28(16-12-19)14-10-18-6-8-21(9-7-18)27-25(32)20-3-1-4-22(17-20)29-13-2-5-23(29)30/h1,3-4,6-9,17,19H,2,5,10-16H2,(H2,26,31)(H,27,32). The molecule has 2 aliphatic heterocycles. The molecule has 2 aliphatic rings. The molecule has 3 amide bonds. The van der Waals surface area contributed by atoms with E-state index in [1.807, 2.05) is 36.4 Å². The van der Waals surface area contributed by atoms with E-state index in [1.165, 1.54) is 5.56 Å². The van der Waals surface area contributed by atoms with Gasteiger partial charge in [0.05, 0.1) is 0 Å². The molecular formula is C25H30N4O3. The summed E-state index contributed by atoms with van der Waals surface area (Å²) in [5.41, 5.74) is 8.65. The topological polar surface area (TPSA) is 95.7 Å². The lowest BCUT2D eigenvalue weighted by atomic mass is 9.96. The van der Waals surface area contributed by atoms with Crippen molar-refractivity contribution in [1.82, 2.24) is 4.90 Å². The molecule has 0 radical (unpaired) electrons. The Balaban J connectivity index is 1.29. The number of primary amides is 1. The number of nitrogens with two attached hydrogens (primary N) is 1. The summed E-state index contributed by atoms with van der Waals surface area (Å²) < 4.78 is 0. The number of anilines is 2. The predicted octanol–water partition coefficient (Wildman–Crippen LogP) is 2.81. The third-order valence-electron chi connectivity index (χ3n) is 6.41. The van der Waals surface area contributed by atoms with Crippen molar-refractivity contribution in [3.63, 3.8) is 0 Å². The maximum Gasteiger partial charge on any atom is 0.255 e. The van der Waals surface area contributed by atoms with E-state index in [-0.39, 0.29) is 23.6 Å². The molecule has 4 rings (SSSR count). The predicted molar refractivity (Wildman–Crippen MR) is 124 cm³/mol. The molecule has 0 saturated carbocycles. The first-order valence-electron chi connectivity index (χ1n) is 11.3. The maximum absolute atomic E-state index is 12.7. The van der Waals surface area contributed by atoms with Gasteiger partial charge in [-0.15, -0.1) is 0 Å². The quantitative estimate of drug-likeness (QED) is 0.700. The first-order valence-corrected chi connectivity index (χ1v) is 11.3. The largest absolute Gasteiger partial charge is 0.369 e. The van der Waals surface area contributed by atoms with Crippen LogP contribution >= 0.6 is 0 Å². The zero-order valence-electron chi connectivity index (χ0n) is 18.3. The molecule has 0 aliphatic carbocycles. The average molecular weight is 435 g/mol. The molecule has 0 atom stereocenters. The molecule has 168 valence electrons. The number of nitrogens with one attached hydrogen (secondary N) is 1. The van der Waals surface area contributed by atoms with Crippen molar-refractivity contribution in [2.24, 2.45) is 11.7 Å². The van der Waals surface area contributed by atoms with E-state index in [1.54, 1.807) is 17.0 Å². The summed E-state index contributed by atoms with van der Waals surface area (Å²) in [5, 5.41) is 2.94. The number of hydrogen-bond donors (Lipinski definition) is 2. The summed E-state index contributed by atoms with van der Waals surface area (Å²) in [6.07, 6.45) is 4.02. The van der Waals surface area contributed by atoms with Crippen molar-refractivity contribution in [1.29, 1.82) is 0 Å². The molecule has 2 heterocycles. The first kappa shape index (κ1) is 22.0. The van der Waals surface area contributed by atoms with Crippen LogP contribution < -0.4 is 16.0 Å². The van der Waals surface area contributed by atoms with E-state index in [4.69, 9.17) is 5.73 Å². The first-order chi connectivity index (χ1) is 15.5. The molecule has 7 nitrogen and oxygen atoms in total. The van der Waals surface area contributed by atoms with Crippen LogP contribution in [-0.4, -0.2) is 48.8 Å². The van der Waals surface area contributed by atoms with Crippen LogP contribution in [0, 0.1) is 5.92 Å². The minimum atomic E-state index is -0.191. The Kier molecular flexibility index (Phi) is 6.85. The number of nitrogens with zero attached hydrogens (tertiary/aromatic N) is 2. The minimum absolute atomic E-state index is 0.0191. The number of amides is 3. The van der Waals surface area contributed by atoms with Gasteiger partial charge in [0.25, 0.3) is 5.91 Å². The van der Waals surface area contributed by atoms with Crippen LogP contribution in [0.5, 0.6) is 0 Å². The van der Waals surface area contributed by atoms with E-state index >= 15 is 0 Å². The molecule has 2 aromatic carbocycles. The summed E-state index contributed by atoms with van der Waals surface area (Å²) in [4.78, 5) is 40.1. The molecule has 2 saturated heterocycles. The molecule has 3 N–H and O–H groups in total. The lowest BCUT2D eigenvalue weighted by Gasteiger charge is -2.30. The van der Waals surface area contributed by atoms with Crippen molar-refractivity contribution in [3.05, 3.63) is 59.7 Å². The van der Waals surface area contributed by atoms with E-state index < -0.39 is 0 Å². The van der Waals surface area contributed by atoms with Crippen LogP contribution in [0.15, 0.2) is 48.5 Å². The number of benzene rings is 2. The lowest BCUT2D eigenvalue weighted by Crippen LogP contribution is -2.39. The fraction of sp³-hybridized carbons (Fsp3) is 0.400. The number of piperidine rings is 1. The van der Waals surface area contributed by atoms with Crippen molar-refractivity contribution in [2.75, 3.05) is 36.4 Å². The monoisotopic (exact) mass is 434 g/mol.